The van der Waals surface area contributed by atoms with Crippen molar-refractivity contribution < 1.29 is 0 Å². The molecule has 27 heavy (non-hydrogen) atoms. The summed E-state index contributed by atoms with van der Waals surface area (Å²) >= 11 is 0. The molecule has 2 aromatic rings. The molecule has 146 valence electrons. The molecule has 0 radical (unpaired) electrons. The van der Waals surface area contributed by atoms with Crippen molar-refractivity contribution in [1.82, 2.24) is 20.0 Å². The summed E-state index contributed by atoms with van der Waals surface area (Å²) < 4.78 is 2.13. The van der Waals surface area contributed by atoms with Gasteiger partial charge in [0.25, 0.3) is 0 Å². The van der Waals surface area contributed by atoms with Crippen molar-refractivity contribution in [3.63, 3.8) is 0 Å². The number of likely N-dealkylation sites (tertiary alicyclic amines) is 1. The van der Waals surface area contributed by atoms with Gasteiger partial charge >= 0.3 is 0 Å². The predicted molar refractivity (Wildman–Crippen MR) is 113 cm³/mol. The van der Waals surface area contributed by atoms with Gasteiger partial charge in [0.05, 0.1) is 11.5 Å². The fourth-order valence-corrected chi connectivity index (χ4v) is 4.06. The van der Waals surface area contributed by atoms with Gasteiger partial charge in [0.15, 0.2) is 0 Å². The molecule has 2 atom stereocenters. The number of rotatable bonds is 5. The third kappa shape index (κ3) is 3.90. The minimum absolute atomic E-state index is 0.0180. The Kier molecular flexibility index (Phi) is 5.36. The molecule has 0 spiro atoms. The second kappa shape index (κ2) is 7.41. The molecule has 2 unspecified atom stereocenters. The van der Waals surface area contributed by atoms with Gasteiger partial charge in [-0.2, -0.15) is 5.10 Å². The maximum Gasteiger partial charge on any atom is 0.0936 e. The highest BCUT2D eigenvalue weighted by molar-refractivity contribution is 5.36. The topological polar surface area (TPSA) is 33.1 Å². The molecule has 1 aromatic heterocycles. The van der Waals surface area contributed by atoms with Crippen LogP contribution in [0, 0.1) is 0 Å². The van der Waals surface area contributed by atoms with Crippen molar-refractivity contribution in [2.75, 3.05) is 20.1 Å². The third-order valence-corrected chi connectivity index (χ3v) is 5.62. The molecule has 0 saturated carbocycles. The lowest BCUT2D eigenvalue weighted by molar-refractivity contribution is 0.392. The van der Waals surface area contributed by atoms with E-state index < -0.39 is 0 Å². The highest BCUT2D eigenvalue weighted by Gasteiger charge is 2.39. The zero-order valence-electron chi connectivity index (χ0n) is 17.7. The average molecular weight is 367 g/mol. The first kappa shape index (κ1) is 19.5. The Balaban J connectivity index is 2.08. The van der Waals surface area contributed by atoms with Crippen LogP contribution in [0.3, 0.4) is 0 Å². The van der Waals surface area contributed by atoms with Crippen molar-refractivity contribution in [1.29, 1.82) is 0 Å². The first-order valence-corrected chi connectivity index (χ1v) is 9.98. The second-order valence-corrected chi connectivity index (χ2v) is 8.98. The molecule has 1 fully saturated rings. The quantitative estimate of drug-likeness (QED) is 0.837. The minimum Gasteiger partial charge on any atom is -0.375 e. The molecular formula is C23H34N4. The van der Waals surface area contributed by atoms with Gasteiger partial charge in [-0.25, -0.2) is 0 Å². The molecule has 0 amide bonds. The molecule has 0 bridgehead atoms. The summed E-state index contributed by atoms with van der Waals surface area (Å²) in [5.74, 6) is 1.83. The highest BCUT2D eigenvalue weighted by atomic mass is 15.3. The zero-order valence-corrected chi connectivity index (χ0v) is 17.7. The van der Waals surface area contributed by atoms with Gasteiger partial charge in [-0.15, -0.1) is 0 Å². The fraction of sp³-hybridized carbons (Fsp3) is 0.522. The van der Waals surface area contributed by atoms with Crippen LogP contribution in [0.1, 0.15) is 69.3 Å². The molecule has 0 aliphatic carbocycles. The Morgan fingerprint density at radius 2 is 1.78 bits per heavy atom. The summed E-state index contributed by atoms with van der Waals surface area (Å²) in [6, 6.07) is 11.3. The number of nitrogens with one attached hydrogen (secondary N) is 1. The summed E-state index contributed by atoms with van der Waals surface area (Å²) in [4.78, 5) is 2.38. The highest BCUT2D eigenvalue weighted by Crippen LogP contribution is 2.43. The molecule has 4 nitrogen and oxygen atoms in total. The van der Waals surface area contributed by atoms with E-state index in [1.807, 2.05) is 7.05 Å². The van der Waals surface area contributed by atoms with Crippen LogP contribution in [0.4, 0.5) is 0 Å². The van der Waals surface area contributed by atoms with E-state index in [1.54, 1.807) is 0 Å². The number of nitrogens with zero attached hydrogens (tertiary/aromatic N) is 3. The van der Waals surface area contributed by atoms with Gasteiger partial charge in [-0.3, -0.25) is 4.68 Å². The minimum atomic E-state index is 0.0180. The van der Waals surface area contributed by atoms with Crippen LogP contribution in [0.2, 0.25) is 0 Å². The van der Waals surface area contributed by atoms with Crippen LogP contribution in [0.25, 0.3) is 0 Å². The van der Waals surface area contributed by atoms with Crippen LogP contribution in [0.5, 0.6) is 0 Å². The van der Waals surface area contributed by atoms with E-state index in [-0.39, 0.29) is 5.41 Å². The first-order chi connectivity index (χ1) is 12.7. The van der Waals surface area contributed by atoms with Gasteiger partial charge in [-0.1, -0.05) is 57.7 Å². The van der Waals surface area contributed by atoms with E-state index in [2.05, 4.69) is 92.6 Å². The van der Waals surface area contributed by atoms with E-state index in [1.165, 1.54) is 16.8 Å². The van der Waals surface area contributed by atoms with Gasteiger partial charge < -0.3 is 10.2 Å². The predicted octanol–water partition coefficient (Wildman–Crippen LogP) is 4.64. The lowest BCUT2D eigenvalue weighted by Gasteiger charge is -2.23. The summed E-state index contributed by atoms with van der Waals surface area (Å²) in [5.41, 5.74) is 4.02. The van der Waals surface area contributed by atoms with Gasteiger partial charge in [0.1, 0.15) is 0 Å². The standard InChI is InChI=1S/C23H34N4/c1-16(2)27-15-21(22(25-27)23(4,5)6)20-14-26(17(3)24-7)13-19(20)18-11-9-8-10-12-18/h8-12,15-16,19-20,24H,3,13-14H2,1-2,4-7H3. The van der Waals surface area contributed by atoms with E-state index >= 15 is 0 Å². The van der Waals surface area contributed by atoms with E-state index in [9.17, 15) is 0 Å². The van der Waals surface area contributed by atoms with Gasteiger partial charge in [0, 0.05) is 49.6 Å². The van der Waals surface area contributed by atoms with E-state index in [0.29, 0.717) is 17.9 Å². The fourth-order valence-electron chi connectivity index (χ4n) is 4.06. The SMILES string of the molecule is C=C(NC)N1CC(c2ccccc2)C(c2cn(C(C)C)nc2C(C)(C)C)C1. The normalized spacial score (nSPS) is 20.3. The summed E-state index contributed by atoms with van der Waals surface area (Å²) in [6.07, 6.45) is 2.29. The number of hydrogen-bond donors (Lipinski definition) is 1. The summed E-state index contributed by atoms with van der Waals surface area (Å²) in [6.45, 7) is 17.3. The molecule has 1 saturated heterocycles. The Morgan fingerprint density at radius 1 is 1.15 bits per heavy atom. The van der Waals surface area contributed by atoms with Crippen LogP contribution < -0.4 is 5.32 Å². The first-order valence-electron chi connectivity index (χ1n) is 9.98. The number of aromatic nitrogens is 2. The van der Waals surface area contributed by atoms with E-state index in [4.69, 9.17) is 5.10 Å². The summed E-state index contributed by atoms with van der Waals surface area (Å²) in [7, 11) is 1.95. The van der Waals surface area contributed by atoms with Crippen LogP contribution in [0.15, 0.2) is 48.9 Å². The molecule has 3 rings (SSSR count). The van der Waals surface area contributed by atoms with Gasteiger partial charge in [0.2, 0.25) is 0 Å². The molecular weight excluding hydrogens is 332 g/mol. The van der Waals surface area contributed by atoms with Crippen molar-refractivity contribution in [2.24, 2.45) is 0 Å². The van der Waals surface area contributed by atoms with Crippen LogP contribution >= 0.6 is 0 Å². The summed E-state index contributed by atoms with van der Waals surface area (Å²) in [5, 5.41) is 8.23. The Hall–Kier alpha value is -2.23. The van der Waals surface area contributed by atoms with Crippen molar-refractivity contribution in [3.8, 4) is 0 Å². The number of hydrogen-bond acceptors (Lipinski definition) is 3. The third-order valence-electron chi connectivity index (χ3n) is 5.62. The Labute approximate surface area is 164 Å². The molecule has 1 N–H and O–H groups in total. The lowest BCUT2D eigenvalue weighted by Crippen LogP contribution is -2.27. The van der Waals surface area contributed by atoms with Gasteiger partial charge in [-0.05, 0) is 25.0 Å². The number of benzene rings is 1. The molecule has 1 aliphatic rings. The molecule has 4 heteroatoms. The monoisotopic (exact) mass is 366 g/mol. The van der Waals surface area contributed by atoms with E-state index in [0.717, 1.165) is 18.9 Å². The molecule has 2 heterocycles. The van der Waals surface area contributed by atoms with Crippen molar-refractivity contribution in [2.45, 2.75) is 57.9 Å². The average Bonchev–Trinajstić information content (AvgIpc) is 3.26. The Bertz CT molecular complexity index is 782. The molecule has 1 aliphatic heterocycles. The van der Waals surface area contributed by atoms with Crippen molar-refractivity contribution >= 4 is 0 Å². The van der Waals surface area contributed by atoms with Crippen LogP contribution in [-0.2, 0) is 5.41 Å². The van der Waals surface area contributed by atoms with Crippen molar-refractivity contribution in [3.05, 3.63) is 65.7 Å². The smallest absolute Gasteiger partial charge is 0.0936 e. The largest absolute Gasteiger partial charge is 0.375 e. The lowest BCUT2D eigenvalue weighted by atomic mass is 9.79. The van der Waals surface area contributed by atoms with Crippen LogP contribution in [-0.4, -0.2) is 34.8 Å². The maximum atomic E-state index is 5.00. The second-order valence-electron chi connectivity index (χ2n) is 8.98. The Morgan fingerprint density at radius 3 is 2.33 bits per heavy atom. The zero-order chi connectivity index (χ0) is 19.8. The molecule has 1 aromatic carbocycles. The maximum absolute atomic E-state index is 5.00.